The van der Waals surface area contributed by atoms with E-state index < -0.39 is 22.0 Å². The van der Waals surface area contributed by atoms with Crippen molar-refractivity contribution in [1.29, 1.82) is 0 Å². The van der Waals surface area contributed by atoms with E-state index >= 15 is 0 Å². The first kappa shape index (κ1) is 22.5. The number of thiazole rings is 1. The number of fused-ring (bicyclic) bond motifs is 1. The molecule has 4 rings (SSSR count). The normalized spacial score (nSPS) is 17.7. The highest BCUT2D eigenvalue weighted by molar-refractivity contribution is 7.89. The van der Waals surface area contributed by atoms with E-state index in [0.29, 0.717) is 30.0 Å². The molecule has 170 valence electrons. The highest BCUT2D eigenvalue weighted by Gasteiger charge is 2.39. The molecule has 3 aromatic rings. The van der Waals surface area contributed by atoms with Crippen molar-refractivity contribution in [3.05, 3.63) is 47.3 Å². The van der Waals surface area contributed by atoms with E-state index in [4.69, 9.17) is 9.47 Å². The molecule has 1 fully saturated rings. The number of aryl methyl sites for hydroxylation is 1. The predicted molar refractivity (Wildman–Crippen MR) is 122 cm³/mol. The third-order valence-electron chi connectivity index (χ3n) is 5.45. The number of rotatable bonds is 6. The number of aromatic nitrogens is 1. The number of hydrogen-bond acceptors (Lipinski definition) is 6. The third kappa shape index (κ3) is 4.17. The number of sulfonamides is 1. The lowest BCUT2D eigenvalue weighted by Crippen LogP contribution is -2.40. The highest BCUT2D eigenvalue weighted by atomic mass is 32.2. The molecule has 2 heterocycles. The molecule has 1 aliphatic rings. The zero-order valence-electron chi connectivity index (χ0n) is 18.1. The number of hydrogen-bond donors (Lipinski definition) is 0. The van der Waals surface area contributed by atoms with Gasteiger partial charge >= 0.3 is 0 Å². The molecular formula is C22H25N3O5S2. The standard InChI is InChI=1S/C22H25N3O5S2/c1-4-30-16-9-12-18-20(14-16)31-22(24(18)2)23-21(26)19-6-5-13-25(19)32(27,28)17-10-7-15(29-3)8-11-17/h7-12,14,19H,4-6,13H2,1-3H3. The molecule has 8 nitrogen and oxygen atoms in total. The molecule has 0 aliphatic carbocycles. The van der Waals surface area contributed by atoms with Crippen LogP contribution in [0.2, 0.25) is 0 Å². The molecule has 0 spiro atoms. The smallest absolute Gasteiger partial charge is 0.266 e. The number of carbonyl (C=O) groups is 1. The molecular weight excluding hydrogens is 450 g/mol. The Kier molecular flexibility index (Phi) is 6.36. The molecule has 32 heavy (non-hydrogen) atoms. The fourth-order valence-electron chi connectivity index (χ4n) is 3.80. The topological polar surface area (TPSA) is 90.2 Å². The molecule has 0 bridgehead atoms. The Morgan fingerprint density at radius 3 is 2.59 bits per heavy atom. The van der Waals surface area contributed by atoms with Crippen molar-refractivity contribution in [3.63, 3.8) is 0 Å². The van der Waals surface area contributed by atoms with Crippen molar-refractivity contribution >= 4 is 37.5 Å². The predicted octanol–water partition coefficient (Wildman–Crippen LogP) is 2.93. The van der Waals surface area contributed by atoms with Crippen LogP contribution < -0.4 is 14.3 Å². The number of ether oxygens (including phenoxy) is 2. The lowest BCUT2D eigenvalue weighted by atomic mass is 10.2. The number of methoxy groups -OCH3 is 1. The van der Waals surface area contributed by atoms with Crippen molar-refractivity contribution in [2.24, 2.45) is 12.0 Å². The summed E-state index contributed by atoms with van der Waals surface area (Å²) in [5, 5.41) is 0. The Hall–Kier alpha value is -2.69. The maximum Gasteiger partial charge on any atom is 0.266 e. The molecule has 0 radical (unpaired) electrons. The van der Waals surface area contributed by atoms with Gasteiger partial charge in [-0.1, -0.05) is 11.3 Å². The van der Waals surface area contributed by atoms with E-state index in [9.17, 15) is 13.2 Å². The molecule has 0 saturated carbocycles. The summed E-state index contributed by atoms with van der Waals surface area (Å²) < 4.78 is 41.1. The number of amides is 1. The first-order valence-corrected chi connectivity index (χ1v) is 12.6. The van der Waals surface area contributed by atoms with Crippen LogP contribution in [-0.4, -0.2) is 49.5 Å². The summed E-state index contributed by atoms with van der Waals surface area (Å²) in [6.07, 6.45) is 1.05. The Morgan fingerprint density at radius 2 is 1.91 bits per heavy atom. The third-order valence-corrected chi connectivity index (χ3v) is 8.47. The van der Waals surface area contributed by atoms with Crippen LogP contribution >= 0.6 is 11.3 Å². The van der Waals surface area contributed by atoms with Crippen molar-refractivity contribution in [1.82, 2.24) is 8.87 Å². The molecule has 1 saturated heterocycles. The Labute approximate surface area is 190 Å². The van der Waals surface area contributed by atoms with Crippen LogP contribution in [0.4, 0.5) is 0 Å². The summed E-state index contributed by atoms with van der Waals surface area (Å²) in [5.41, 5.74) is 0.930. The van der Waals surface area contributed by atoms with E-state index in [0.717, 1.165) is 16.0 Å². The minimum Gasteiger partial charge on any atom is -0.497 e. The molecule has 2 aromatic carbocycles. The summed E-state index contributed by atoms with van der Waals surface area (Å²) in [5.74, 6) is 0.872. The van der Waals surface area contributed by atoms with Crippen LogP contribution in [0.5, 0.6) is 11.5 Å². The van der Waals surface area contributed by atoms with Crippen LogP contribution in [0.15, 0.2) is 52.4 Å². The zero-order chi connectivity index (χ0) is 22.9. The summed E-state index contributed by atoms with van der Waals surface area (Å²) in [7, 11) is -0.461. The fraction of sp³-hybridized carbons (Fsp3) is 0.364. The molecule has 10 heteroatoms. The lowest BCUT2D eigenvalue weighted by Gasteiger charge is -2.21. The van der Waals surface area contributed by atoms with Crippen LogP contribution in [0, 0.1) is 0 Å². The van der Waals surface area contributed by atoms with Crippen LogP contribution in [-0.2, 0) is 21.9 Å². The van der Waals surface area contributed by atoms with Gasteiger partial charge in [0.05, 0.1) is 28.8 Å². The number of nitrogens with zero attached hydrogens (tertiary/aromatic N) is 3. The maximum atomic E-state index is 13.2. The summed E-state index contributed by atoms with van der Waals surface area (Å²) >= 11 is 1.37. The van der Waals surface area contributed by atoms with Gasteiger partial charge in [-0.2, -0.15) is 9.30 Å². The van der Waals surface area contributed by atoms with Crippen LogP contribution in [0.1, 0.15) is 19.8 Å². The van der Waals surface area contributed by atoms with Gasteiger partial charge < -0.3 is 14.0 Å². The van der Waals surface area contributed by atoms with Gasteiger partial charge in [0.1, 0.15) is 17.5 Å². The van der Waals surface area contributed by atoms with Gasteiger partial charge in [0.15, 0.2) is 4.80 Å². The summed E-state index contributed by atoms with van der Waals surface area (Å²) in [6, 6.07) is 11.1. The molecule has 1 unspecified atom stereocenters. The van der Waals surface area contributed by atoms with E-state index in [-0.39, 0.29) is 11.4 Å². The van der Waals surface area contributed by atoms with Gasteiger partial charge in [-0.3, -0.25) is 4.79 Å². The second-order valence-electron chi connectivity index (χ2n) is 7.41. The molecule has 0 N–H and O–H groups in total. The van der Waals surface area contributed by atoms with Crippen LogP contribution in [0.3, 0.4) is 0 Å². The monoisotopic (exact) mass is 475 g/mol. The maximum absolute atomic E-state index is 13.2. The first-order chi connectivity index (χ1) is 15.3. The second kappa shape index (κ2) is 9.05. The second-order valence-corrected chi connectivity index (χ2v) is 10.3. The zero-order valence-corrected chi connectivity index (χ0v) is 19.8. The van der Waals surface area contributed by atoms with Gasteiger partial charge in [-0.15, -0.1) is 0 Å². The molecule has 1 aromatic heterocycles. The summed E-state index contributed by atoms with van der Waals surface area (Å²) in [6.45, 7) is 2.78. The van der Waals surface area contributed by atoms with Gasteiger partial charge in [0, 0.05) is 13.6 Å². The molecule has 1 amide bonds. The molecule has 1 aliphatic heterocycles. The van der Waals surface area contributed by atoms with Gasteiger partial charge in [-0.05, 0) is 62.2 Å². The first-order valence-electron chi connectivity index (χ1n) is 10.3. The van der Waals surface area contributed by atoms with Crippen molar-refractivity contribution in [2.45, 2.75) is 30.7 Å². The highest BCUT2D eigenvalue weighted by Crippen LogP contribution is 2.28. The van der Waals surface area contributed by atoms with Gasteiger partial charge in [0.2, 0.25) is 10.0 Å². The fourth-order valence-corrected chi connectivity index (χ4v) is 6.51. The van der Waals surface area contributed by atoms with E-state index in [1.807, 2.05) is 36.7 Å². The SMILES string of the molecule is CCOc1ccc2c(c1)sc(=NC(=O)C1CCCN1S(=O)(=O)c1ccc(OC)cc1)n2C. The van der Waals surface area contributed by atoms with Crippen molar-refractivity contribution in [2.75, 3.05) is 20.3 Å². The average molecular weight is 476 g/mol. The Balaban J connectivity index is 1.65. The summed E-state index contributed by atoms with van der Waals surface area (Å²) in [4.78, 5) is 18.0. The van der Waals surface area contributed by atoms with Gasteiger partial charge in [-0.25, -0.2) is 8.42 Å². The minimum absolute atomic E-state index is 0.133. The van der Waals surface area contributed by atoms with E-state index in [2.05, 4.69) is 4.99 Å². The Morgan fingerprint density at radius 1 is 1.19 bits per heavy atom. The number of benzene rings is 2. The largest absolute Gasteiger partial charge is 0.497 e. The minimum atomic E-state index is -3.82. The average Bonchev–Trinajstić information content (AvgIpc) is 3.40. The Bertz CT molecular complexity index is 1310. The quantitative estimate of drug-likeness (QED) is 0.547. The lowest BCUT2D eigenvalue weighted by molar-refractivity contribution is -0.121. The molecule has 1 atom stereocenters. The number of carbonyl (C=O) groups excluding carboxylic acids is 1. The van der Waals surface area contributed by atoms with Crippen LogP contribution in [0.25, 0.3) is 10.2 Å². The van der Waals surface area contributed by atoms with Crippen molar-refractivity contribution < 1.29 is 22.7 Å². The van der Waals surface area contributed by atoms with E-state index in [1.54, 1.807) is 12.1 Å². The van der Waals surface area contributed by atoms with Gasteiger partial charge in [0.25, 0.3) is 5.91 Å². The van der Waals surface area contributed by atoms with Crippen molar-refractivity contribution in [3.8, 4) is 11.5 Å². The van der Waals surface area contributed by atoms with E-state index in [1.165, 1.54) is 34.9 Å².